The number of aliphatic imine (C=N–C) groups is 1. The van der Waals surface area contributed by atoms with Crippen molar-refractivity contribution in [2.24, 2.45) is 10.7 Å². The summed E-state index contributed by atoms with van der Waals surface area (Å²) in [6.07, 6.45) is 3.50. The van der Waals surface area contributed by atoms with Gasteiger partial charge in [-0.15, -0.1) is 4.99 Å². The van der Waals surface area contributed by atoms with Crippen LogP contribution in [0.5, 0.6) is 0 Å². The van der Waals surface area contributed by atoms with Crippen molar-refractivity contribution in [3.8, 4) is 6.19 Å². The molecular weight excluding hydrogens is 585 g/mol. The number of halogens is 2. The first-order chi connectivity index (χ1) is 20.2. The van der Waals surface area contributed by atoms with Crippen LogP contribution in [-0.4, -0.2) is 93.5 Å². The van der Waals surface area contributed by atoms with Crippen LogP contribution >= 0.6 is 23.2 Å². The summed E-state index contributed by atoms with van der Waals surface area (Å²) in [6.45, 7) is 0.962. The van der Waals surface area contributed by atoms with E-state index in [1.807, 2.05) is 6.07 Å². The lowest BCUT2D eigenvalue weighted by Crippen LogP contribution is -2.49. The van der Waals surface area contributed by atoms with Gasteiger partial charge in [-0.3, -0.25) is 14.7 Å². The topological polar surface area (TPSA) is 193 Å². The van der Waals surface area contributed by atoms with Crippen molar-refractivity contribution in [2.45, 2.75) is 31.2 Å². The second kappa shape index (κ2) is 12.3. The smallest absolute Gasteiger partial charge is 0.254 e. The monoisotopic (exact) mass is 611 g/mol. The number of carbonyl (C=O) groups is 3. The number of aromatic nitrogens is 2. The summed E-state index contributed by atoms with van der Waals surface area (Å²) in [5.74, 6) is -0.688. The second-order valence-corrected chi connectivity index (χ2v) is 10.9. The fourth-order valence-corrected chi connectivity index (χ4v) is 5.88. The molecule has 2 amide bonds. The van der Waals surface area contributed by atoms with Crippen LogP contribution in [0.2, 0.25) is 10.0 Å². The number of likely N-dealkylation sites (tertiary alicyclic amines) is 1. The number of aliphatic hydroxyl groups excluding tert-OH is 1. The third-order valence-corrected chi connectivity index (χ3v) is 8.07. The van der Waals surface area contributed by atoms with Crippen molar-refractivity contribution in [3.63, 3.8) is 0 Å². The normalized spacial score (nSPS) is 19.3. The van der Waals surface area contributed by atoms with Gasteiger partial charge in [0, 0.05) is 49.7 Å². The SMILES string of the molecule is N#C/N=C(\NC[C@@H](C=O)NC(=O)c1c(Cl)cc2c(c1Cl)CCN(C(=O)c1ccc3cn[nH]c3c1)C2)N1C[C@@H](N)[C@H](O)C1. The number of nitrogens with one attached hydrogen (secondary N) is 3. The third-order valence-electron chi connectivity index (χ3n) is 7.36. The number of β-amino-alcohol motifs (C(OH)–C–C–N with tert-alkyl or cyclic N) is 1. The van der Waals surface area contributed by atoms with Gasteiger partial charge in [-0.1, -0.05) is 29.3 Å². The molecule has 1 fully saturated rings. The number of H-pyrrole nitrogens is 1. The zero-order chi connectivity index (χ0) is 30.0. The number of amides is 2. The first kappa shape index (κ1) is 29.3. The molecule has 0 spiro atoms. The van der Waals surface area contributed by atoms with Crippen molar-refractivity contribution in [2.75, 3.05) is 26.2 Å². The van der Waals surface area contributed by atoms with Gasteiger partial charge in [0.15, 0.2) is 0 Å². The number of nitrogens with two attached hydrogens (primary N) is 1. The molecule has 0 radical (unpaired) electrons. The first-order valence-electron chi connectivity index (χ1n) is 13.1. The van der Waals surface area contributed by atoms with Crippen molar-refractivity contribution in [1.29, 1.82) is 5.26 Å². The Bertz CT molecular complexity index is 1610. The Balaban J connectivity index is 1.26. The number of benzene rings is 2. The van der Waals surface area contributed by atoms with E-state index in [4.69, 9.17) is 34.2 Å². The molecule has 3 heterocycles. The van der Waals surface area contributed by atoms with Crippen LogP contribution in [0.25, 0.3) is 10.9 Å². The molecule has 2 aliphatic heterocycles. The van der Waals surface area contributed by atoms with Gasteiger partial charge in [-0.05, 0) is 35.7 Å². The minimum atomic E-state index is -1.02. The highest BCUT2D eigenvalue weighted by molar-refractivity contribution is 6.40. The average molecular weight is 612 g/mol. The molecule has 0 saturated carbocycles. The van der Waals surface area contributed by atoms with Crippen LogP contribution < -0.4 is 16.4 Å². The maximum absolute atomic E-state index is 13.2. The Labute approximate surface area is 250 Å². The molecule has 0 bridgehead atoms. The fourth-order valence-electron chi connectivity index (χ4n) is 5.12. The Morgan fingerprint density at radius 3 is 2.83 bits per heavy atom. The van der Waals surface area contributed by atoms with E-state index < -0.39 is 24.1 Å². The quantitative estimate of drug-likeness (QED) is 0.116. The molecule has 0 aliphatic carbocycles. The number of hydrogen-bond donors (Lipinski definition) is 5. The van der Waals surface area contributed by atoms with Gasteiger partial charge >= 0.3 is 0 Å². The van der Waals surface area contributed by atoms with E-state index in [1.54, 1.807) is 40.4 Å². The number of aliphatic hydroxyl groups is 1. The number of rotatable bonds is 6. The summed E-state index contributed by atoms with van der Waals surface area (Å²) in [6, 6.07) is 5.41. The van der Waals surface area contributed by atoms with Crippen molar-refractivity contribution in [1.82, 2.24) is 30.6 Å². The number of nitriles is 1. The van der Waals surface area contributed by atoms with Gasteiger partial charge < -0.3 is 36.1 Å². The first-order valence-corrected chi connectivity index (χ1v) is 13.8. The summed E-state index contributed by atoms with van der Waals surface area (Å²) < 4.78 is 0. The van der Waals surface area contributed by atoms with E-state index in [0.717, 1.165) is 16.5 Å². The van der Waals surface area contributed by atoms with E-state index in [2.05, 4.69) is 25.8 Å². The van der Waals surface area contributed by atoms with Crippen LogP contribution in [0.15, 0.2) is 35.5 Å². The molecule has 5 rings (SSSR count). The number of guanidine groups is 1. The van der Waals surface area contributed by atoms with E-state index in [0.29, 0.717) is 30.4 Å². The van der Waals surface area contributed by atoms with Gasteiger partial charge in [-0.25, -0.2) is 0 Å². The predicted molar refractivity (Wildman–Crippen MR) is 155 cm³/mol. The highest BCUT2D eigenvalue weighted by atomic mass is 35.5. The van der Waals surface area contributed by atoms with Gasteiger partial charge in [-0.2, -0.15) is 10.4 Å². The third kappa shape index (κ3) is 5.88. The minimum absolute atomic E-state index is 0.0213. The zero-order valence-electron chi connectivity index (χ0n) is 22.2. The highest BCUT2D eigenvalue weighted by Crippen LogP contribution is 2.35. The van der Waals surface area contributed by atoms with Crippen molar-refractivity contribution < 1.29 is 19.5 Å². The molecule has 1 saturated heterocycles. The molecule has 42 heavy (non-hydrogen) atoms. The van der Waals surface area contributed by atoms with Crippen LogP contribution in [0.4, 0.5) is 0 Å². The van der Waals surface area contributed by atoms with Gasteiger partial charge in [0.1, 0.15) is 12.3 Å². The lowest BCUT2D eigenvalue weighted by molar-refractivity contribution is -0.109. The van der Waals surface area contributed by atoms with Gasteiger partial charge in [0.05, 0.1) is 33.4 Å². The number of nitrogens with zero attached hydrogens (tertiary/aromatic N) is 5. The molecule has 3 aromatic rings. The summed E-state index contributed by atoms with van der Waals surface area (Å²) in [7, 11) is 0. The molecule has 15 heteroatoms. The van der Waals surface area contributed by atoms with Crippen LogP contribution in [0.1, 0.15) is 31.8 Å². The van der Waals surface area contributed by atoms with Gasteiger partial charge in [0.25, 0.3) is 11.8 Å². The Morgan fingerprint density at radius 1 is 1.31 bits per heavy atom. The van der Waals surface area contributed by atoms with E-state index in [9.17, 15) is 19.5 Å². The van der Waals surface area contributed by atoms with E-state index in [-0.39, 0.29) is 53.7 Å². The molecule has 0 unspecified atom stereocenters. The average Bonchev–Trinajstić information content (AvgIpc) is 3.58. The molecule has 2 aliphatic rings. The molecule has 6 N–H and O–H groups in total. The Kier molecular flexibility index (Phi) is 8.60. The van der Waals surface area contributed by atoms with Crippen LogP contribution in [0.3, 0.4) is 0 Å². The standard InChI is InChI=1S/C27H27Cl2N9O4/c28-19-5-16-9-37(26(42)14-1-2-15-7-34-36-21(15)6-14)4-3-18(16)24(29)23(19)25(41)35-17(12-39)8-32-27(33-13-30)38-10-20(31)22(40)11-38/h1-2,5-7,12,17,20,22,40H,3-4,8-11,31H2,(H,32,33)(H,34,36)(H,35,41)/t17-,20+,22+/m0/s1. The number of aromatic amines is 1. The number of aldehydes is 1. The van der Waals surface area contributed by atoms with Crippen LogP contribution in [0, 0.1) is 11.5 Å². The Morgan fingerprint density at radius 2 is 2.12 bits per heavy atom. The lowest BCUT2D eigenvalue weighted by atomic mass is 9.96. The molecule has 13 nitrogen and oxygen atoms in total. The molecule has 1 aromatic heterocycles. The fraction of sp³-hybridized carbons (Fsp3) is 0.333. The Hall–Kier alpha value is -4.22. The summed E-state index contributed by atoms with van der Waals surface area (Å²) in [5, 5.41) is 32.4. The zero-order valence-corrected chi connectivity index (χ0v) is 23.7. The molecule has 3 atom stereocenters. The van der Waals surface area contributed by atoms with E-state index >= 15 is 0 Å². The number of fused-ring (bicyclic) bond motifs is 2. The maximum atomic E-state index is 13.2. The minimum Gasteiger partial charge on any atom is -0.390 e. The molecule has 2 aromatic carbocycles. The molecule has 218 valence electrons. The van der Waals surface area contributed by atoms with Gasteiger partial charge in [0.2, 0.25) is 12.2 Å². The summed E-state index contributed by atoms with van der Waals surface area (Å²) in [5.41, 5.74) is 8.56. The predicted octanol–water partition coefficient (Wildman–Crippen LogP) is 0.796. The maximum Gasteiger partial charge on any atom is 0.254 e. The van der Waals surface area contributed by atoms with Crippen molar-refractivity contribution >= 4 is 58.2 Å². The number of carbonyl (C=O) groups excluding carboxylic acids is 3. The highest BCUT2D eigenvalue weighted by Gasteiger charge is 2.32. The summed E-state index contributed by atoms with van der Waals surface area (Å²) in [4.78, 5) is 45.2. The van der Waals surface area contributed by atoms with Crippen LogP contribution in [-0.2, 0) is 17.8 Å². The van der Waals surface area contributed by atoms with Crippen molar-refractivity contribution in [3.05, 3.63) is 62.8 Å². The number of hydrogen-bond acceptors (Lipinski definition) is 8. The van der Waals surface area contributed by atoms with E-state index in [1.165, 1.54) is 0 Å². The lowest BCUT2D eigenvalue weighted by Gasteiger charge is -2.30. The largest absolute Gasteiger partial charge is 0.390 e. The second-order valence-electron chi connectivity index (χ2n) is 10.1. The summed E-state index contributed by atoms with van der Waals surface area (Å²) >= 11 is 13.2. The molecular formula is C27H27Cl2N9O4.